The molecular weight excluding hydrogens is 234 g/mol. The Labute approximate surface area is 98.6 Å². The second kappa shape index (κ2) is 6.06. The first-order valence-electron chi connectivity index (χ1n) is 5.19. The quantitative estimate of drug-likeness (QED) is 0.740. The van der Waals surface area contributed by atoms with Gasteiger partial charge in [0.05, 0.1) is 5.75 Å². The molecule has 0 spiro atoms. The van der Waals surface area contributed by atoms with Crippen LogP contribution in [0.25, 0.3) is 0 Å². The lowest BCUT2D eigenvalue weighted by atomic mass is 10.0. The lowest BCUT2D eigenvalue weighted by molar-refractivity contribution is 0.453. The zero-order chi connectivity index (χ0) is 12.1. The summed E-state index contributed by atoms with van der Waals surface area (Å²) in [7, 11) is -3.15. The van der Waals surface area contributed by atoms with Gasteiger partial charge in [-0.1, -0.05) is 27.7 Å². The van der Waals surface area contributed by atoms with Gasteiger partial charge < -0.3 is 0 Å². The minimum Gasteiger partial charge on any atom is -0.215 e. The van der Waals surface area contributed by atoms with Gasteiger partial charge in [0.1, 0.15) is 0 Å². The zero-order valence-corrected chi connectivity index (χ0v) is 11.6. The molecule has 0 bridgehead atoms. The predicted molar refractivity (Wildman–Crippen MR) is 65.7 cm³/mol. The van der Waals surface area contributed by atoms with Gasteiger partial charge in [-0.05, 0) is 17.8 Å². The Morgan fingerprint density at radius 3 is 2.27 bits per heavy atom. The first-order chi connectivity index (χ1) is 6.66. The predicted octanol–water partition coefficient (Wildman–Crippen LogP) is 2.22. The summed E-state index contributed by atoms with van der Waals surface area (Å²) >= 11 is 5.58. The van der Waals surface area contributed by atoms with Gasteiger partial charge in [-0.15, -0.1) is 11.6 Å². The fourth-order valence-electron chi connectivity index (χ4n) is 1.18. The van der Waals surface area contributed by atoms with Crippen molar-refractivity contribution in [3.8, 4) is 0 Å². The minimum absolute atomic E-state index is 0.160. The molecule has 0 heterocycles. The molecule has 3 nitrogen and oxygen atoms in total. The first kappa shape index (κ1) is 15.2. The van der Waals surface area contributed by atoms with E-state index in [9.17, 15) is 8.42 Å². The van der Waals surface area contributed by atoms with Crippen molar-refractivity contribution in [2.75, 3.05) is 18.2 Å². The fourth-order valence-corrected chi connectivity index (χ4v) is 3.33. The number of nitrogens with one attached hydrogen (secondary N) is 1. The molecule has 92 valence electrons. The maximum atomic E-state index is 11.6. The SMILES string of the molecule is CC(CCCl)CNS(=O)(=O)CC(C)(C)C. The van der Waals surface area contributed by atoms with Crippen molar-refractivity contribution in [2.45, 2.75) is 34.1 Å². The maximum Gasteiger partial charge on any atom is 0.212 e. The summed E-state index contributed by atoms with van der Waals surface area (Å²) in [6.07, 6.45) is 0.833. The molecule has 0 radical (unpaired) electrons. The number of halogens is 1. The molecular formula is C10H22ClNO2S. The molecule has 0 saturated heterocycles. The van der Waals surface area contributed by atoms with E-state index in [4.69, 9.17) is 11.6 Å². The van der Waals surface area contributed by atoms with Gasteiger partial charge in [-0.3, -0.25) is 0 Å². The third kappa shape index (κ3) is 9.15. The smallest absolute Gasteiger partial charge is 0.212 e. The molecule has 0 aliphatic carbocycles. The molecule has 0 aliphatic heterocycles. The van der Waals surface area contributed by atoms with E-state index in [0.717, 1.165) is 6.42 Å². The van der Waals surface area contributed by atoms with Gasteiger partial charge in [0, 0.05) is 12.4 Å². The molecule has 0 aliphatic rings. The van der Waals surface area contributed by atoms with Gasteiger partial charge in [0.25, 0.3) is 0 Å². The Morgan fingerprint density at radius 2 is 1.87 bits per heavy atom. The number of sulfonamides is 1. The molecule has 1 unspecified atom stereocenters. The van der Waals surface area contributed by atoms with E-state index in [1.807, 2.05) is 27.7 Å². The lowest BCUT2D eigenvalue weighted by Gasteiger charge is -2.19. The molecule has 1 N–H and O–H groups in total. The molecule has 0 saturated carbocycles. The molecule has 15 heavy (non-hydrogen) atoms. The molecule has 0 aromatic rings. The summed E-state index contributed by atoms with van der Waals surface area (Å²) < 4.78 is 25.8. The summed E-state index contributed by atoms with van der Waals surface area (Å²) in [5, 5.41) is 0. The Hall–Kier alpha value is 0.200. The van der Waals surface area contributed by atoms with Crippen molar-refractivity contribution < 1.29 is 8.42 Å². The minimum atomic E-state index is -3.15. The van der Waals surface area contributed by atoms with Gasteiger partial charge in [-0.2, -0.15) is 0 Å². The monoisotopic (exact) mass is 255 g/mol. The standard InChI is InChI=1S/C10H22ClNO2S/c1-9(5-6-11)7-12-15(13,14)8-10(2,3)4/h9,12H,5-8H2,1-4H3. The van der Waals surface area contributed by atoms with Gasteiger partial charge >= 0.3 is 0 Å². The number of alkyl halides is 1. The van der Waals surface area contributed by atoms with Crippen LogP contribution in [0, 0.1) is 11.3 Å². The highest BCUT2D eigenvalue weighted by Crippen LogP contribution is 2.15. The molecule has 1 atom stereocenters. The highest BCUT2D eigenvalue weighted by Gasteiger charge is 2.21. The average Bonchev–Trinajstić information content (AvgIpc) is 1.97. The van der Waals surface area contributed by atoms with Crippen molar-refractivity contribution in [1.29, 1.82) is 0 Å². The maximum absolute atomic E-state index is 11.6. The Morgan fingerprint density at radius 1 is 1.33 bits per heavy atom. The summed E-state index contributed by atoms with van der Waals surface area (Å²) in [5.74, 6) is 1.02. The third-order valence-electron chi connectivity index (χ3n) is 1.88. The first-order valence-corrected chi connectivity index (χ1v) is 7.38. The highest BCUT2D eigenvalue weighted by molar-refractivity contribution is 7.89. The van der Waals surface area contributed by atoms with E-state index < -0.39 is 10.0 Å². The van der Waals surface area contributed by atoms with Crippen LogP contribution in [-0.4, -0.2) is 26.6 Å². The van der Waals surface area contributed by atoms with Crippen LogP contribution in [0.15, 0.2) is 0 Å². The Bertz CT molecular complexity index is 270. The Kier molecular flexibility index (Phi) is 6.14. The average molecular weight is 256 g/mol. The van der Waals surface area contributed by atoms with Crippen LogP contribution in [0.4, 0.5) is 0 Å². The third-order valence-corrected chi connectivity index (χ3v) is 3.95. The summed E-state index contributed by atoms with van der Waals surface area (Å²) in [4.78, 5) is 0. The van der Waals surface area contributed by atoms with Crippen molar-refractivity contribution in [3.05, 3.63) is 0 Å². The van der Waals surface area contributed by atoms with Crippen LogP contribution in [0.2, 0.25) is 0 Å². The van der Waals surface area contributed by atoms with Crippen molar-refractivity contribution >= 4 is 21.6 Å². The van der Waals surface area contributed by atoms with Crippen molar-refractivity contribution in [1.82, 2.24) is 4.72 Å². The van der Waals surface area contributed by atoms with Gasteiger partial charge in [0.2, 0.25) is 10.0 Å². The van der Waals surface area contributed by atoms with Crippen LogP contribution in [0.3, 0.4) is 0 Å². The van der Waals surface area contributed by atoms with E-state index in [1.54, 1.807) is 0 Å². The summed E-state index contributed by atoms with van der Waals surface area (Å²) in [6.45, 7) is 8.20. The molecule has 0 amide bonds. The molecule has 0 aromatic heterocycles. The second-order valence-electron chi connectivity index (χ2n) is 5.25. The zero-order valence-electron chi connectivity index (χ0n) is 10.0. The van der Waals surface area contributed by atoms with Crippen molar-refractivity contribution in [3.63, 3.8) is 0 Å². The van der Waals surface area contributed by atoms with E-state index in [1.165, 1.54) is 0 Å². The van der Waals surface area contributed by atoms with E-state index in [0.29, 0.717) is 12.4 Å². The summed E-state index contributed by atoms with van der Waals surface area (Å²) in [5.41, 5.74) is -0.207. The number of hydrogen-bond acceptors (Lipinski definition) is 2. The summed E-state index contributed by atoms with van der Waals surface area (Å²) in [6, 6.07) is 0. The molecule has 5 heteroatoms. The Balaban J connectivity index is 4.06. The second-order valence-corrected chi connectivity index (χ2v) is 7.44. The van der Waals surface area contributed by atoms with Crippen molar-refractivity contribution in [2.24, 2.45) is 11.3 Å². The van der Waals surface area contributed by atoms with E-state index in [2.05, 4.69) is 4.72 Å². The van der Waals surface area contributed by atoms with Crippen LogP contribution in [-0.2, 0) is 10.0 Å². The van der Waals surface area contributed by atoms with E-state index in [-0.39, 0.29) is 17.1 Å². The number of rotatable bonds is 6. The van der Waals surface area contributed by atoms with Crippen LogP contribution < -0.4 is 4.72 Å². The molecule has 0 rings (SSSR count). The fraction of sp³-hybridized carbons (Fsp3) is 1.00. The molecule has 0 aromatic carbocycles. The molecule has 0 fully saturated rings. The van der Waals surface area contributed by atoms with Crippen LogP contribution in [0.1, 0.15) is 34.1 Å². The lowest BCUT2D eigenvalue weighted by Crippen LogP contribution is -2.35. The topological polar surface area (TPSA) is 46.2 Å². The number of hydrogen-bond donors (Lipinski definition) is 1. The van der Waals surface area contributed by atoms with E-state index >= 15 is 0 Å². The highest BCUT2D eigenvalue weighted by atomic mass is 35.5. The normalized spacial score (nSPS) is 15.3. The van der Waals surface area contributed by atoms with Gasteiger partial charge in [-0.25, -0.2) is 13.1 Å². The van der Waals surface area contributed by atoms with Crippen LogP contribution in [0.5, 0.6) is 0 Å². The van der Waals surface area contributed by atoms with Crippen LogP contribution >= 0.6 is 11.6 Å². The van der Waals surface area contributed by atoms with Gasteiger partial charge in [0.15, 0.2) is 0 Å². The largest absolute Gasteiger partial charge is 0.215 e.